The van der Waals surface area contributed by atoms with Crippen LogP contribution in [0.25, 0.3) is 0 Å². The number of phenolic OH excluding ortho intramolecular Hbond substituents is 1. The summed E-state index contributed by atoms with van der Waals surface area (Å²) in [7, 11) is 0. The van der Waals surface area contributed by atoms with Gasteiger partial charge in [-0.3, -0.25) is 4.79 Å². The molecule has 0 saturated heterocycles. The second-order valence-corrected chi connectivity index (χ2v) is 9.42. The Balaban J connectivity index is 1.68. The van der Waals surface area contributed by atoms with E-state index in [0.717, 1.165) is 49.2 Å². The first kappa shape index (κ1) is 16.5. The molecule has 2 saturated carbocycles. The quantitative estimate of drug-likeness (QED) is 0.832. The Morgan fingerprint density at radius 3 is 2.88 bits per heavy atom. The smallest absolute Gasteiger partial charge is 0.139 e. The van der Waals surface area contributed by atoms with Gasteiger partial charge >= 0.3 is 0 Å². The number of carbonyl (C=O) groups is 1. The normalized spacial score (nSPS) is 34.6. The molecule has 0 radical (unpaired) electrons. The topological polar surface area (TPSA) is 37.3 Å². The second-order valence-electron chi connectivity index (χ2n) is 8.15. The molecule has 3 aliphatic carbocycles. The van der Waals surface area contributed by atoms with E-state index in [0.29, 0.717) is 29.3 Å². The highest BCUT2D eigenvalue weighted by Crippen LogP contribution is 2.59. The van der Waals surface area contributed by atoms with Crippen LogP contribution in [0.3, 0.4) is 0 Å². The number of thioether (sulfide) groups is 1. The van der Waals surface area contributed by atoms with Crippen molar-refractivity contribution < 1.29 is 9.90 Å². The third-order valence-corrected chi connectivity index (χ3v) is 8.02. The van der Waals surface area contributed by atoms with E-state index in [1.54, 1.807) is 0 Å². The summed E-state index contributed by atoms with van der Waals surface area (Å²) in [5.74, 6) is 4.81. The Labute approximate surface area is 149 Å². The zero-order chi connectivity index (χ0) is 16.9. The van der Waals surface area contributed by atoms with Gasteiger partial charge in [0, 0.05) is 23.2 Å². The fourth-order valence-corrected chi connectivity index (χ4v) is 6.41. The summed E-state index contributed by atoms with van der Waals surface area (Å²) in [6, 6.07) is 4.33. The number of phenols is 1. The predicted molar refractivity (Wildman–Crippen MR) is 99.6 cm³/mol. The lowest BCUT2D eigenvalue weighted by atomic mass is 9.55. The van der Waals surface area contributed by atoms with E-state index >= 15 is 0 Å². The maximum absolute atomic E-state index is 12.4. The first-order valence-corrected chi connectivity index (χ1v) is 10.7. The van der Waals surface area contributed by atoms with Crippen LogP contribution in [0.15, 0.2) is 12.1 Å². The van der Waals surface area contributed by atoms with Crippen molar-refractivity contribution >= 4 is 17.5 Å². The van der Waals surface area contributed by atoms with E-state index in [4.69, 9.17) is 0 Å². The SMILES string of the molecule is CCSCc1cc2c(cc1O)CCC1C2CC[C@]2(C)C(=O)CCC12. The third kappa shape index (κ3) is 2.42. The van der Waals surface area contributed by atoms with Gasteiger partial charge in [-0.05, 0) is 72.8 Å². The number of aryl methyl sites for hydroxylation is 1. The predicted octanol–water partition coefficient (Wildman–Crippen LogP) is 5.07. The highest BCUT2D eigenvalue weighted by atomic mass is 32.2. The third-order valence-electron chi connectivity index (χ3n) is 7.09. The van der Waals surface area contributed by atoms with Gasteiger partial charge < -0.3 is 5.11 Å². The molecule has 0 spiro atoms. The van der Waals surface area contributed by atoms with E-state index in [2.05, 4.69) is 19.9 Å². The Morgan fingerprint density at radius 2 is 2.08 bits per heavy atom. The van der Waals surface area contributed by atoms with Gasteiger partial charge in [-0.2, -0.15) is 11.8 Å². The van der Waals surface area contributed by atoms with Gasteiger partial charge in [0.1, 0.15) is 11.5 Å². The van der Waals surface area contributed by atoms with Gasteiger partial charge in [0.25, 0.3) is 0 Å². The van der Waals surface area contributed by atoms with Crippen molar-refractivity contribution in [3.63, 3.8) is 0 Å². The van der Waals surface area contributed by atoms with Gasteiger partial charge in [-0.1, -0.05) is 19.9 Å². The molecule has 130 valence electrons. The van der Waals surface area contributed by atoms with Crippen molar-refractivity contribution in [1.29, 1.82) is 0 Å². The highest BCUT2D eigenvalue weighted by molar-refractivity contribution is 7.98. The standard InChI is InChI=1S/C21H28O2S/c1-3-24-12-14-10-17-13(11-19(14)22)4-5-16-15(17)8-9-21(2)18(16)6-7-20(21)23/h10-11,15-16,18,22H,3-9,12H2,1-2H3/t15?,16?,18?,21-/m0/s1. The van der Waals surface area contributed by atoms with Crippen molar-refractivity contribution in [2.45, 2.75) is 64.0 Å². The molecule has 1 N–H and O–H groups in total. The summed E-state index contributed by atoms with van der Waals surface area (Å²) in [6.07, 6.45) is 6.34. The molecule has 24 heavy (non-hydrogen) atoms. The van der Waals surface area contributed by atoms with Crippen molar-refractivity contribution in [3.8, 4) is 5.75 Å². The van der Waals surface area contributed by atoms with Gasteiger partial charge in [0.15, 0.2) is 0 Å². The van der Waals surface area contributed by atoms with Crippen LogP contribution in [-0.4, -0.2) is 16.6 Å². The number of Topliss-reactive ketones (excluding diaryl/α,β-unsaturated/α-hetero) is 1. The lowest BCUT2D eigenvalue weighted by Crippen LogP contribution is -2.42. The molecule has 2 fully saturated rings. The fourth-order valence-electron chi connectivity index (χ4n) is 5.75. The summed E-state index contributed by atoms with van der Waals surface area (Å²) in [4.78, 5) is 12.4. The van der Waals surface area contributed by atoms with Gasteiger partial charge in [0.2, 0.25) is 0 Å². The molecule has 1 aromatic rings. The van der Waals surface area contributed by atoms with Crippen molar-refractivity contribution in [2.24, 2.45) is 17.3 Å². The summed E-state index contributed by atoms with van der Waals surface area (Å²) in [6.45, 7) is 4.40. The number of benzene rings is 1. The molecule has 3 heteroatoms. The van der Waals surface area contributed by atoms with Crippen molar-refractivity contribution in [1.82, 2.24) is 0 Å². The summed E-state index contributed by atoms with van der Waals surface area (Å²) >= 11 is 1.87. The molecule has 3 aliphatic rings. The van der Waals surface area contributed by atoms with E-state index in [1.165, 1.54) is 17.5 Å². The summed E-state index contributed by atoms with van der Waals surface area (Å²) in [5, 5.41) is 10.4. The molecule has 0 heterocycles. The fraction of sp³-hybridized carbons (Fsp3) is 0.667. The molecule has 0 aromatic heterocycles. The lowest BCUT2D eigenvalue weighted by molar-refractivity contribution is -0.129. The Morgan fingerprint density at radius 1 is 1.25 bits per heavy atom. The van der Waals surface area contributed by atoms with E-state index in [-0.39, 0.29) is 5.41 Å². The first-order valence-electron chi connectivity index (χ1n) is 9.50. The number of fused-ring (bicyclic) bond motifs is 5. The molecular formula is C21H28O2S. The summed E-state index contributed by atoms with van der Waals surface area (Å²) in [5.41, 5.74) is 3.89. The Bertz CT molecular complexity index is 668. The maximum atomic E-state index is 12.4. The van der Waals surface area contributed by atoms with E-state index < -0.39 is 0 Å². The first-order chi connectivity index (χ1) is 11.5. The number of rotatable bonds is 3. The number of hydrogen-bond acceptors (Lipinski definition) is 3. The highest BCUT2D eigenvalue weighted by Gasteiger charge is 2.54. The molecule has 4 atom stereocenters. The molecule has 0 amide bonds. The largest absolute Gasteiger partial charge is 0.508 e. The van der Waals surface area contributed by atoms with Crippen LogP contribution in [0, 0.1) is 17.3 Å². The van der Waals surface area contributed by atoms with E-state index in [9.17, 15) is 9.90 Å². The zero-order valence-electron chi connectivity index (χ0n) is 14.8. The number of aromatic hydroxyl groups is 1. The van der Waals surface area contributed by atoms with Crippen LogP contribution in [0.5, 0.6) is 5.75 Å². The van der Waals surface area contributed by atoms with Crippen LogP contribution in [0.2, 0.25) is 0 Å². The second kappa shape index (κ2) is 6.09. The lowest BCUT2D eigenvalue weighted by Gasteiger charge is -2.48. The van der Waals surface area contributed by atoms with Gasteiger partial charge in [-0.15, -0.1) is 0 Å². The monoisotopic (exact) mass is 344 g/mol. The number of carbonyl (C=O) groups excluding carboxylic acids is 1. The molecule has 0 aliphatic heterocycles. The minimum absolute atomic E-state index is 0.0452. The van der Waals surface area contributed by atoms with Crippen LogP contribution in [-0.2, 0) is 17.0 Å². The molecule has 3 unspecified atom stereocenters. The molecule has 0 bridgehead atoms. The van der Waals surface area contributed by atoms with Crippen molar-refractivity contribution in [2.75, 3.05) is 5.75 Å². The zero-order valence-corrected chi connectivity index (χ0v) is 15.6. The van der Waals surface area contributed by atoms with E-state index in [1.807, 2.05) is 17.8 Å². The minimum atomic E-state index is -0.0452. The Kier molecular flexibility index (Phi) is 4.19. The molecule has 2 nitrogen and oxygen atoms in total. The average Bonchev–Trinajstić information content (AvgIpc) is 2.88. The average molecular weight is 345 g/mol. The van der Waals surface area contributed by atoms with Gasteiger partial charge in [0.05, 0.1) is 0 Å². The summed E-state index contributed by atoms with van der Waals surface area (Å²) < 4.78 is 0. The van der Waals surface area contributed by atoms with Crippen LogP contribution >= 0.6 is 11.8 Å². The number of hydrogen-bond donors (Lipinski definition) is 1. The maximum Gasteiger partial charge on any atom is 0.139 e. The van der Waals surface area contributed by atoms with Crippen molar-refractivity contribution in [3.05, 3.63) is 28.8 Å². The van der Waals surface area contributed by atoms with Gasteiger partial charge in [-0.25, -0.2) is 0 Å². The molecule has 1 aromatic carbocycles. The van der Waals surface area contributed by atoms with Crippen LogP contribution in [0.4, 0.5) is 0 Å². The minimum Gasteiger partial charge on any atom is -0.508 e. The number of ketones is 1. The Hall–Kier alpha value is -0.960. The van der Waals surface area contributed by atoms with Crippen LogP contribution < -0.4 is 0 Å². The molecule has 4 rings (SSSR count). The molecular weight excluding hydrogens is 316 g/mol. The van der Waals surface area contributed by atoms with Crippen LogP contribution in [0.1, 0.15) is 68.6 Å².